The van der Waals surface area contributed by atoms with E-state index in [0.29, 0.717) is 5.56 Å². The molecule has 2 aromatic rings. The number of carboxylic acid groups (broad SMARTS) is 2. The van der Waals surface area contributed by atoms with Gasteiger partial charge < -0.3 is 25.1 Å². The highest BCUT2D eigenvalue weighted by atomic mass is 16.4. The molecule has 22 heavy (non-hydrogen) atoms. The van der Waals surface area contributed by atoms with Crippen LogP contribution in [-0.4, -0.2) is 22.8 Å². The Morgan fingerprint density at radius 2 is 1.68 bits per heavy atom. The van der Waals surface area contributed by atoms with Crippen LogP contribution < -0.4 is 15.5 Å². The number of nitrogens with one attached hydrogen (secondary N) is 1. The lowest BCUT2D eigenvalue weighted by Gasteiger charge is -2.10. The zero-order chi connectivity index (χ0) is 16.1. The van der Waals surface area contributed by atoms with Crippen molar-refractivity contribution in [2.24, 2.45) is 0 Å². The minimum Gasteiger partial charge on any atom is -0.545 e. The molecular weight excluding hydrogens is 288 g/mol. The number of aromatic nitrogens is 1. The number of pyridine rings is 1. The minimum absolute atomic E-state index is 0.0292. The fourth-order valence-corrected chi connectivity index (χ4v) is 1.79. The summed E-state index contributed by atoms with van der Waals surface area (Å²) < 4.78 is 0. The molecule has 1 aromatic heterocycles. The van der Waals surface area contributed by atoms with Crippen LogP contribution in [0.5, 0.6) is 0 Å². The lowest BCUT2D eigenvalue weighted by molar-refractivity contribution is -0.256. The Kier molecular flexibility index (Phi) is 4.47. The number of carbonyl (C=O) groups is 3. The van der Waals surface area contributed by atoms with E-state index < -0.39 is 23.5 Å². The quantitative estimate of drug-likeness (QED) is 0.735. The summed E-state index contributed by atoms with van der Waals surface area (Å²) >= 11 is 0. The molecule has 0 fully saturated rings. The third-order valence-electron chi connectivity index (χ3n) is 2.89. The van der Waals surface area contributed by atoms with Crippen LogP contribution >= 0.6 is 0 Å². The van der Waals surface area contributed by atoms with E-state index >= 15 is 0 Å². The van der Waals surface area contributed by atoms with E-state index in [2.05, 4.69) is 10.3 Å². The summed E-state index contributed by atoms with van der Waals surface area (Å²) in [5, 5.41) is 24.0. The average molecular weight is 298 g/mol. The highest BCUT2D eigenvalue weighted by Gasteiger charge is 2.12. The fraction of sp³-hybridized carbons (Fsp3) is 0.0667. The number of rotatable bonds is 5. The summed E-state index contributed by atoms with van der Waals surface area (Å²) in [5.74, 6) is -3.44. The van der Waals surface area contributed by atoms with Crippen molar-refractivity contribution in [1.29, 1.82) is 0 Å². The van der Waals surface area contributed by atoms with Gasteiger partial charge in [-0.05, 0) is 23.3 Å². The van der Waals surface area contributed by atoms with Crippen molar-refractivity contribution >= 4 is 17.8 Å². The van der Waals surface area contributed by atoms with E-state index in [1.165, 1.54) is 42.6 Å². The van der Waals surface area contributed by atoms with Crippen LogP contribution in [0.4, 0.5) is 0 Å². The van der Waals surface area contributed by atoms with E-state index in [9.17, 15) is 24.6 Å². The monoisotopic (exact) mass is 298 g/mol. The molecule has 112 valence electrons. The molecule has 1 heterocycles. The van der Waals surface area contributed by atoms with Crippen molar-refractivity contribution in [3.05, 3.63) is 65.0 Å². The van der Waals surface area contributed by atoms with Crippen LogP contribution in [0, 0.1) is 0 Å². The second kappa shape index (κ2) is 6.49. The molecule has 1 aromatic carbocycles. The summed E-state index contributed by atoms with van der Waals surface area (Å²) in [5.41, 5.74) is 0.139. The molecule has 1 N–H and O–H groups in total. The van der Waals surface area contributed by atoms with Crippen molar-refractivity contribution in [3.63, 3.8) is 0 Å². The van der Waals surface area contributed by atoms with E-state index in [0.717, 1.165) is 0 Å². The van der Waals surface area contributed by atoms with Crippen LogP contribution in [0.1, 0.15) is 36.8 Å². The zero-order valence-corrected chi connectivity index (χ0v) is 11.2. The number of carbonyl (C=O) groups excluding carboxylic acids is 3. The number of benzene rings is 1. The molecule has 0 bridgehead atoms. The van der Waals surface area contributed by atoms with E-state index in [1.807, 2.05) is 0 Å². The molecule has 0 spiro atoms. The van der Waals surface area contributed by atoms with Crippen LogP contribution in [-0.2, 0) is 6.54 Å². The first-order valence-corrected chi connectivity index (χ1v) is 6.24. The standard InChI is InChI=1S/C15H12N2O5/c18-13(11-2-1-7-16-12(11)15(21)22)17-8-9-3-5-10(6-4-9)14(19)20/h1-7H,8H2,(H,17,18)(H,19,20)(H,21,22)/p-2. The lowest BCUT2D eigenvalue weighted by atomic mass is 10.1. The average Bonchev–Trinajstić information content (AvgIpc) is 2.53. The maximum absolute atomic E-state index is 12.0. The second-order valence-corrected chi connectivity index (χ2v) is 4.35. The maximum atomic E-state index is 12.0. The Labute approximate surface area is 125 Å². The number of nitrogens with zero attached hydrogens (tertiary/aromatic N) is 1. The zero-order valence-electron chi connectivity index (χ0n) is 11.2. The van der Waals surface area contributed by atoms with E-state index in [4.69, 9.17) is 0 Å². The van der Waals surface area contributed by atoms with Crippen molar-refractivity contribution in [2.75, 3.05) is 0 Å². The molecule has 7 heteroatoms. The smallest absolute Gasteiger partial charge is 0.253 e. The van der Waals surface area contributed by atoms with Gasteiger partial charge in [-0.2, -0.15) is 0 Å². The van der Waals surface area contributed by atoms with Gasteiger partial charge in [0, 0.05) is 12.7 Å². The fourth-order valence-electron chi connectivity index (χ4n) is 1.79. The molecule has 0 saturated heterocycles. The third-order valence-corrected chi connectivity index (χ3v) is 2.89. The first kappa shape index (κ1) is 15.2. The van der Waals surface area contributed by atoms with Gasteiger partial charge in [0.15, 0.2) is 0 Å². The van der Waals surface area contributed by atoms with Gasteiger partial charge in [0.2, 0.25) is 0 Å². The Bertz CT molecular complexity index is 725. The lowest BCUT2D eigenvalue weighted by Crippen LogP contribution is -2.30. The summed E-state index contributed by atoms with van der Waals surface area (Å²) in [7, 11) is 0. The molecule has 0 atom stereocenters. The van der Waals surface area contributed by atoms with Gasteiger partial charge >= 0.3 is 0 Å². The van der Waals surface area contributed by atoms with Crippen molar-refractivity contribution in [3.8, 4) is 0 Å². The number of aromatic carboxylic acids is 2. The number of hydrogen-bond acceptors (Lipinski definition) is 6. The molecule has 7 nitrogen and oxygen atoms in total. The summed E-state index contributed by atoms with van der Waals surface area (Å²) in [4.78, 5) is 37.1. The van der Waals surface area contributed by atoms with Gasteiger partial charge in [-0.25, -0.2) is 0 Å². The predicted molar refractivity (Wildman–Crippen MR) is 70.5 cm³/mol. The molecule has 0 aliphatic rings. The highest BCUT2D eigenvalue weighted by Crippen LogP contribution is 2.07. The largest absolute Gasteiger partial charge is 0.545 e. The van der Waals surface area contributed by atoms with E-state index in [-0.39, 0.29) is 17.7 Å². The van der Waals surface area contributed by atoms with Crippen molar-refractivity contribution in [1.82, 2.24) is 10.3 Å². The molecule has 0 aliphatic carbocycles. The summed E-state index contributed by atoms with van der Waals surface area (Å²) in [6.45, 7) is 0.105. The highest BCUT2D eigenvalue weighted by molar-refractivity contribution is 6.02. The van der Waals surface area contributed by atoms with Gasteiger partial charge in [-0.3, -0.25) is 9.78 Å². The second-order valence-electron chi connectivity index (χ2n) is 4.35. The van der Waals surface area contributed by atoms with Crippen LogP contribution in [0.2, 0.25) is 0 Å². The summed E-state index contributed by atoms with van der Waals surface area (Å²) in [6.07, 6.45) is 1.25. The number of amides is 1. The van der Waals surface area contributed by atoms with Crippen LogP contribution in [0.3, 0.4) is 0 Å². The Balaban J connectivity index is 2.07. The molecule has 2 rings (SSSR count). The Morgan fingerprint density at radius 3 is 2.27 bits per heavy atom. The van der Waals surface area contributed by atoms with Crippen LogP contribution in [0.15, 0.2) is 42.6 Å². The van der Waals surface area contributed by atoms with Gasteiger partial charge in [0.25, 0.3) is 5.91 Å². The van der Waals surface area contributed by atoms with Gasteiger partial charge in [0.05, 0.1) is 23.2 Å². The topological polar surface area (TPSA) is 122 Å². The Morgan fingerprint density at radius 1 is 1.00 bits per heavy atom. The van der Waals surface area contributed by atoms with Gasteiger partial charge in [-0.1, -0.05) is 24.3 Å². The molecule has 0 saturated carbocycles. The summed E-state index contributed by atoms with van der Waals surface area (Å²) in [6, 6.07) is 8.52. The first-order chi connectivity index (χ1) is 10.5. The molecule has 0 aliphatic heterocycles. The van der Waals surface area contributed by atoms with E-state index in [1.54, 1.807) is 0 Å². The molecule has 1 amide bonds. The predicted octanol–water partition coefficient (Wildman–Crippen LogP) is -1.26. The Hall–Kier alpha value is -3.22. The normalized spacial score (nSPS) is 10.0. The van der Waals surface area contributed by atoms with Gasteiger partial charge in [0.1, 0.15) is 0 Å². The maximum Gasteiger partial charge on any atom is 0.253 e. The first-order valence-electron chi connectivity index (χ1n) is 6.24. The van der Waals surface area contributed by atoms with Crippen molar-refractivity contribution in [2.45, 2.75) is 6.54 Å². The number of hydrogen-bond donors (Lipinski definition) is 1. The van der Waals surface area contributed by atoms with Crippen molar-refractivity contribution < 1.29 is 24.6 Å². The molecule has 0 unspecified atom stereocenters. The molecule has 0 radical (unpaired) electrons. The molecular formula is C15H10N2O5-2. The number of carboxylic acids is 2. The minimum atomic E-state index is -1.54. The van der Waals surface area contributed by atoms with Crippen LogP contribution in [0.25, 0.3) is 0 Å². The SMILES string of the molecule is O=C([O-])c1ccc(CNC(=O)c2cccnc2C(=O)[O-])cc1. The van der Waals surface area contributed by atoms with Gasteiger partial charge in [-0.15, -0.1) is 0 Å². The third kappa shape index (κ3) is 3.45.